The SMILES string of the molecule is C=CCC(N)c1cccc(F)c1. The second-order valence-corrected chi connectivity index (χ2v) is 2.69. The Morgan fingerprint density at radius 1 is 1.58 bits per heavy atom. The molecule has 12 heavy (non-hydrogen) atoms. The van der Waals surface area contributed by atoms with Crippen LogP contribution < -0.4 is 5.73 Å². The summed E-state index contributed by atoms with van der Waals surface area (Å²) in [5.41, 5.74) is 6.55. The first-order valence-electron chi connectivity index (χ1n) is 3.86. The fourth-order valence-corrected chi connectivity index (χ4v) is 1.05. The van der Waals surface area contributed by atoms with E-state index in [4.69, 9.17) is 5.73 Å². The van der Waals surface area contributed by atoms with Gasteiger partial charge >= 0.3 is 0 Å². The van der Waals surface area contributed by atoms with Crippen molar-refractivity contribution in [2.75, 3.05) is 0 Å². The summed E-state index contributed by atoms with van der Waals surface area (Å²) in [4.78, 5) is 0. The minimum absolute atomic E-state index is 0.141. The van der Waals surface area contributed by atoms with Crippen molar-refractivity contribution in [1.82, 2.24) is 0 Å². The molecule has 1 aromatic carbocycles. The van der Waals surface area contributed by atoms with E-state index in [2.05, 4.69) is 6.58 Å². The van der Waals surface area contributed by atoms with Crippen molar-refractivity contribution in [1.29, 1.82) is 0 Å². The lowest BCUT2D eigenvalue weighted by Crippen LogP contribution is -2.08. The van der Waals surface area contributed by atoms with E-state index in [0.717, 1.165) is 5.56 Å². The van der Waals surface area contributed by atoms with Crippen molar-refractivity contribution in [2.45, 2.75) is 12.5 Å². The zero-order valence-electron chi connectivity index (χ0n) is 6.83. The van der Waals surface area contributed by atoms with E-state index in [-0.39, 0.29) is 11.9 Å². The van der Waals surface area contributed by atoms with Gasteiger partial charge in [0, 0.05) is 6.04 Å². The molecular weight excluding hydrogens is 153 g/mol. The third-order valence-corrected chi connectivity index (χ3v) is 1.70. The molecule has 0 amide bonds. The predicted octanol–water partition coefficient (Wildman–Crippen LogP) is 2.40. The van der Waals surface area contributed by atoms with Gasteiger partial charge in [-0.25, -0.2) is 4.39 Å². The Labute approximate surface area is 71.7 Å². The van der Waals surface area contributed by atoms with Gasteiger partial charge in [-0.15, -0.1) is 6.58 Å². The van der Waals surface area contributed by atoms with Crippen LogP contribution in [0.15, 0.2) is 36.9 Å². The summed E-state index contributed by atoms with van der Waals surface area (Å²) in [6.45, 7) is 3.57. The van der Waals surface area contributed by atoms with Crippen LogP contribution in [0.2, 0.25) is 0 Å². The van der Waals surface area contributed by atoms with E-state index in [1.165, 1.54) is 12.1 Å². The second kappa shape index (κ2) is 4.02. The van der Waals surface area contributed by atoms with Gasteiger partial charge in [-0.3, -0.25) is 0 Å². The zero-order chi connectivity index (χ0) is 8.97. The van der Waals surface area contributed by atoms with Crippen molar-refractivity contribution in [2.24, 2.45) is 5.73 Å². The first-order valence-corrected chi connectivity index (χ1v) is 3.86. The zero-order valence-corrected chi connectivity index (χ0v) is 6.83. The molecule has 2 N–H and O–H groups in total. The lowest BCUT2D eigenvalue weighted by Gasteiger charge is -2.08. The molecule has 0 aliphatic heterocycles. The van der Waals surface area contributed by atoms with Gasteiger partial charge in [0.25, 0.3) is 0 Å². The summed E-state index contributed by atoms with van der Waals surface area (Å²) in [6.07, 6.45) is 2.40. The summed E-state index contributed by atoms with van der Waals surface area (Å²) >= 11 is 0. The van der Waals surface area contributed by atoms with Crippen LogP contribution in [0.5, 0.6) is 0 Å². The molecule has 1 nitrogen and oxygen atoms in total. The highest BCUT2D eigenvalue weighted by Gasteiger charge is 2.03. The minimum atomic E-state index is -0.244. The molecule has 0 aromatic heterocycles. The maximum absolute atomic E-state index is 12.7. The van der Waals surface area contributed by atoms with E-state index < -0.39 is 0 Å². The van der Waals surface area contributed by atoms with Crippen LogP contribution in [-0.4, -0.2) is 0 Å². The molecule has 2 heteroatoms. The molecule has 0 aliphatic carbocycles. The molecule has 0 radical (unpaired) electrons. The van der Waals surface area contributed by atoms with Gasteiger partial charge in [-0.05, 0) is 24.1 Å². The number of hydrogen-bond acceptors (Lipinski definition) is 1. The molecule has 0 aliphatic rings. The van der Waals surface area contributed by atoms with Crippen LogP contribution in [0.4, 0.5) is 4.39 Å². The van der Waals surface area contributed by atoms with Gasteiger partial charge in [0.05, 0.1) is 0 Å². The Balaban J connectivity index is 2.80. The van der Waals surface area contributed by atoms with E-state index >= 15 is 0 Å². The van der Waals surface area contributed by atoms with Crippen LogP contribution in [0.25, 0.3) is 0 Å². The highest BCUT2D eigenvalue weighted by Crippen LogP contribution is 2.14. The van der Waals surface area contributed by atoms with E-state index in [1.54, 1.807) is 12.1 Å². The standard InChI is InChI=1S/C10H12FN/c1-2-4-10(12)8-5-3-6-9(11)7-8/h2-3,5-7,10H,1,4,12H2. The van der Waals surface area contributed by atoms with Crippen molar-refractivity contribution in [3.05, 3.63) is 48.3 Å². The summed E-state index contributed by atoms with van der Waals surface area (Å²) in [5, 5.41) is 0. The highest BCUT2D eigenvalue weighted by molar-refractivity contribution is 5.20. The molecule has 1 aromatic rings. The fraction of sp³-hybridized carbons (Fsp3) is 0.200. The van der Waals surface area contributed by atoms with E-state index in [1.807, 2.05) is 6.07 Å². The number of halogens is 1. The summed E-state index contributed by atoms with van der Waals surface area (Å²) in [6, 6.07) is 6.20. The lowest BCUT2D eigenvalue weighted by molar-refractivity contribution is 0.619. The van der Waals surface area contributed by atoms with Gasteiger partial charge in [0.1, 0.15) is 5.82 Å². The smallest absolute Gasteiger partial charge is 0.123 e. The molecule has 0 saturated carbocycles. The molecular formula is C10H12FN. The molecule has 0 bridgehead atoms. The summed E-state index contributed by atoms with van der Waals surface area (Å²) < 4.78 is 12.7. The van der Waals surface area contributed by atoms with Gasteiger partial charge < -0.3 is 5.73 Å². The van der Waals surface area contributed by atoms with Gasteiger partial charge in [-0.1, -0.05) is 18.2 Å². The van der Waals surface area contributed by atoms with Crippen molar-refractivity contribution in [3.63, 3.8) is 0 Å². The van der Waals surface area contributed by atoms with Crippen molar-refractivity contribution in [3.8, 4) is 0 Å². The molecule has 0 heterocycles. The van der Waals surface area contributed by atoms with Crippen LogP contribution >= 0.6 is 0 Å². The van der Waals surface area contributed by atoms with Crippen LogP contribution in [-0.2, 0) is 0 Å². The Morgan fingerprint density at radius 2 is 2.33 bits per heavy atom. The Kier molecular flexibility index (Phi) is 3.00. The van der Waals surface area contributed by atoms with Crippen LogP contribution in [0.3, 0.4) is 0 Å². The maximum Gasteiger partial charge on any atom is 0.123 e. The number of rotatable bonds is 3. The van der Waals surface area contributed by atoms with Crippen LogP contribution in [0, 0.1) is 5.82 Å². The topological polar surface area (TPSA) is 26.0 Å². The second-order valence-electron chi connectivity index (χ2n) is 2.69. The average molecular weight is 165 g/mol. The Hall–Kier alpha value is -1.15. The largest absolute Gasteiger partial charge is 0.324 e. The van der Waals surface area contributed by atoms with Crippen molar-refractivity contribution < 1.29 is 4.39 Å². The Morgan fingerprint density at radius 3 is 2.92 bits per heavy atom. The highest BCUT2D eigenvalue weighted by atomic mass is 19.1. The summed E-state index contributed by atoms with van der Waals surface area (Å²) in [5.74, 6) is -0.244. The van der Waals surface area contributed by atoms with E-state index in [0.29, 0.717) is 6.42 Å². The molecule has 0 fully saturated rings. The van der Waals surface area contributed by atoms with Gasteiger partial charge in [-0.2, -0.15) is 0 Å². The molecule has 1 atom stereocenters. The monoisotopic (exact) mass is 165 g/mol. The number of nitrogens with two attached hydrogens (primary N) is 1. The first kappa shape index (κ1) is 8.94. The van der Waals surface area contributed by atoms with Gasteiger partial charge in [0.2, 0.25) is 0 Å². The Bertz CT molecular complexity index is 270. The number of benzene rings is 1. The first-order chi connectivity index (χ1) is 5.74. The van der Waals surface area contributed by atoms with E-state index in [9.17, 15) is 4.39 Å². The third kappa shape index (κ3) is 2.17. The molecule has 1 unspecified atom stereocenters. The quantitative estimate of drug-likeness (QED) is 0.684. The fourth-order valence-electron chi connectivity index (χ4n) is 1.05. The maximum atomic E-state index is 12.7. The number of hydrogen-bond donors (Lipinski definition) is 1. The predicted molar refractivity (Wildman–Crippen MR) is 48.1 cm³/mol. The molecule has 1 rings (SSSR count). The van der Waals surface area contributed by atoms with Gasteiger partial charge in [0.15, 0.2) is 0 Å². The third-order valence-electron chi connectivity index (χ3n) is 1.70. The normalized spacial score (nSPS) is 12.5. The molecule has 0 spiro atoms. The minimum Gasteiger partial charge on any atom is -0.324 e. The lowest BCUT2D eigenvalue weighted by atomic mass is 10.1. The van der Waals surface area contributed by atoms with Crippen LogP contribution in [0.1, 0.15) is 18.0 Å². The molecule has 64 valence electrons. The average Bonchev–Trinajstić information content (AvgIpc) is 2.05. The summed E-state index contributed by atoms with van der Waals surface area (Å²) in [7, 11) is 0. The van der Waals surface area contributed by atoms with Crippen molar-refractivity contribution >= 4 is 0 Å². The molecule has 0 saturated heterocycles.